The summed E-state index contributed by atoms with van der Waals surface area (Å²) in [4.78, 5) is 4.70. The van der Waals surface area contributed by atoms with Crippen molar-refractivity contribution in [3.63, 3.8) is 0 Å². The lowest BCUT2D eigenvalue weighted by molar-refractivity contribution is 0.398. The fourth-order valence-electron chi connectivity index (χ4n) is 5.11. The van der Waals surface area contributed by atoms with Gasteiger partial charge in [0.25, 0.3) is 10.0 Å². The van der Waals surface area contributed by atoms with Crippen LogP contribution in [0.25, 0.3) is 33.2 Å². The third-order valence-corrected chi connectivity index (χ3v) is 9.48. The number of sulfonamides is 1. The molecule has 0 atom stereocenters. The molecule has 0 radical (unpaired) electrons. The van der Waals surface area contributed by atoms with Crippen LogP contribution in [0.15, 0.2) is 107 Å². The molecule has 0 spiro atoms. The molecule has 0 aliphatic rings. The third-order valence-electron chi connectivity index (χ3n) is 7.42. The Hall–Kier alpha value is -5.13. The first-order chi connectivity index (χ1) is 22.2. The monoisotopic (exact) mass is 659 g/mol. The summed E-state index contributed by atoms with van der Waals surface area (Å²) < 4.78 is 65.0. The maximum atomic E-state index is 14.2. The Morgan fingerprint density at radius 2 is 1.67 bits per heavy atom. The Labute approximate surface area is 269 Å². The first-order valence-electron chi connectivity index (χ1n) is 13.9. The van der Waals surface area contributed by atoms with Gasteiger partial charge in [0, 0.05) is 33.7 Å². The number of hydrogen-bond acceptors (Lipinski definition) is 8. The number of hydrogen-bond donors (Lipinski definition) is 0. The predicted octanol–water partition coefficient (Wildman–Crippen LogP) is 7.77. The number of fused-ring (bicyclic) bond motifs is 1. The minimum atomic E-state index is -4.14. The maximum Gasteiger partial charge on any atom is 0.265 e. The van der Waals surface area contributed by atoms with Gasteiger partial charge in [-0.15, -0.1) is 0 Å². The zero-order chi connectivity index (χ0) is 32.4. The topological polar surface area (TPSA) is 104 Å². The summed E-state index contributed by atoms with van der Waals surface area (Å²) in [5, 5.41) is 5.42. The van der Waals surface area contributed by atoms with E-state index in [2.05, 4.69) is 10.1 Å². The van der Waals surface area contributed by atoms with Crippen LogP contribution in [0.3, 0.4) is 0 Å². The Kier molecular flexibility index (Phi) is 8.53. The summed E-state index contributed by atoms with van der Waals surface area (Å²) >= 11 is 6.73. The van der Waals surface area contributed by atoms with Crippen LogP contribution in [0.4, 0.5) is 10.2 Å². The molecule has 0 fully saturated rings. The van der Waals surface area contributed by atoms with E-state index in [1.54, 1.807) is 73.8 Å². The Balaban J connectivity index is 1.46. The van der Waals surface area contributed by atoms with Gasteiger partial charge in [-0.3, -0.25) is 0 Å². The lowest BCUT2D eigenvalue weighted by Crippen LogP contribution is -2.30. The van der Waals surface area contributed by atoms with E-state index in [0.717, 1.165) is 0 Å². The number of rotatable bonds is 10. The molecule has 0 aliphatic heterocycles. The summed E-state index contributed by atoms with van der Waals surface area (Å²) in [5.74, 6) is 1.06. The highest BCUT2D eigenvalue weighted by Crippen LogP contribution is 2.42. The summed E-state index contributed by atoms with van der Waals surface area (Å²) in [6.07, 6.45) is 1.31. The Bertz CT molecular complexity index is 2140. The van der Waals surface area contributed by atoms with Gasteiger partial charge in [0.05, 0.1) is 38.5 Å². The van der Waals surface area contributed by atoms with Crippen LogP contribution in [-0.2, 0) is 16.6 Å². The van der Waals surface area contributed by atoms with E-state index in [-0.39, 0.29) is 23.1 Å². The molecule has 0 saturated heterocycles. The van der Waals surface area contributed by atoms with E-state index in [1.165, 1.54) is 49.1 Å². The van der Waals surface area contributed by atoms with Crippen molar-refractivity contribution in [2.75, 3.05) is 25.6 Å². The van der Waals surface area contributed by atoms with Gasteiger partial charge in [-0.2, -0.15) is 0 Å². The van der Waals surface area contributed by atoms with Gasteiger partial charge in [-0.25, -0.2) is 22.1 Å². The van der Waals surface area contributed by atoms with Crippen molar-refractivity contribution < 1.29 is 31.5 Å². The van der Waals surface area contributed by atoms with E-state index < -0.39 is 15.8 Å². The summed E-state index contributed by atoms with van der Waals surface area (Å²) in [7, 11) is 0.395. The highest BCUT2D eigenvalue weighted by molar-refractivity contribution is 7.92. The largest absolute Gasteiger partial charge is 0.497 e. The number of halogens is 2. The van der Waals surface area contributed by atoms with Gasteiger partial charge in [-0.1, -0.05) is 47.1 Å². The third kappa shape index (κ3) is 5.94. The average molecular weight is 660 g/mol. The predicted molar refractivity (Wildman–Crippen MR) is 174 cm³/mol. The molecule has 6 rings (SSSR count). The van der Waals surface area contributed by atoms with Gasteiger partial charge in [0.2, 0.25) is 5.88 Å². The molecule has 0 unspecified atom stereocenters. The highest BCUT2D eigenvalue weighted by atomic mass is 35.5. The number of methoxy groups -OCH3 is 3. The molecule has 0 amide bonds. The van der Waals surface area contributed by atoms with Gasteiger partial charge < -0.3 is 18.7 Å². The van der Waals surface area contributed by atoms with E-state index in [9.17, 15) is 12.8 Å². The van der Waals surface area contributed by atoms with Crippen molar-refractivity contribution in [1.82, 2.24) is 10.1 Å². The minimum absolute atomic E-state index is 0.00479. The van der Waals surface area contributed by atoms with Gasteiger partial charge in [0.15, 0.2) is 5.82 Å². The van der Waals surface area contributed by atoms with E-state index >= 15 is 0 Å². The molecule has 0 bridgehead atoms. The minimum Gasteiger partial charge on any atom is -0.497 e. The summed E-state index contributed by atoms with van der Waals surface area (Å²) in [6.45, 7) is -0.00479. The van der Waals surface area contributed by atoms with E-state index in [0.29, 0.717) is 55.2 Å². The van der Waals surface area contributed by atoms with Crippen LogP contribution in [0, 0.1) is 5.82 Å². The SMILES string of the molecule is COc1ccc(CN(c2ccon2)S(=O)(=O)c2ccc3c(-c4cc(Cl)c(-c5cccc(F)c5)cc4OC)nc(OC)cc3c2)cc1. The highest BCUT2D eigenvalue weighted by Gasteiger charge is 2.28. The van der Waals surface area contributed by atoms with Crippen molar-refractivity contribution in [2.45, 2.75) is 11.4 Å². The molecule has 12 heteroatoms. The molecule has 0 aliphatic carbocycles. The van der Waals surface area contributed by atoms with Crippen molar-refractivity contribution >= 4 is 38.2 Å². The Morgan fingerprint density at radius 3 is 2.35 bits per heavy atom. The van der Waals surface area contributed by atoms with Crippen LogP contribution in [0.2, 0.25) is 5.02 Å². The molecule has 234 valence electrons. The van der Waals surface area contributed by atoms with Crippen LogP contribution in [0.5, 0.6) is 17.4 Å². The van der Waals surface area contributed by atoms with E-state index in [4.69, 9.17) is 30.3 Å². The molecular formula is C34H27ClFN3O6S. The first kappa shape index (κ1) is 30.9. The molecule has 4 aromatic carbocycles. The number of nitrogens with zero attached hydrogens (tertiary/aromatic N) is 3. The van der Waals surface area contributed by atoms with E-state index in [1.807, 2.05) is 0 Å². The standard InChI is InChI=1S/C34H27ClFN3O6S/c1-42-25-9-7-21(8-10-25)20-39(32-13-14-45-38-32)46(40,41)26-11-12-27-23(16-26)17-33(44-3)37-34(27)29-18-30(35)28(19-31(29)43-2)22-5-4-6-24(36)15-22/h4-19H,20H2,1-3H3. The van der Waals surface area contributed by atoms with Crippen molar-refractivity contribution in [3.8, 4) is 39.8 Å². The van der Waals surface area contributed by atoms with Crippen LogP contribution < -0.4 is 18.5 Å². The molecule has 46 heavy (non-hydrogen) atoms. The molecule has 2 heterocycles. The number of anilines is 1. The number of benzene rings is 4. The number of aromatic nitrogens is 2. The fraction of sp³-hybridized carbons (Fsp3) is 0.118. The van der Waals surface area contributed by atoms with Gasteiger partial charge >= 0.3 is 0 Å². The number of ether oxygens (including phenoxy) is 3. The quantitative estimate of drug-likeness (QED) is 0.147. The van der Waals surface area contributed by atoms with Crippen LogP contribution in [0.1, 0.15) is 5.56 Å². The van der Waals surface area contributed by atoms with Crippen LogP contribution >= 0.6 is 11.6 Å². The molecule has 0 saturated carbocycles. The molecule has 0 N–H and O–H groups in total. The summed E-state index contributed by atoms with van der Waals surface area (Å²) in [6, 6.07) is 24.4. The van der Waals surface area contributed by atoms with Gasteiger partial charge in [-0.05, 0) is 65.0 Å². The fourth-order valence-corrected chi connectivity index (χ4v) is 6.82. The molecular weight excluding hydrogens is 633 g/mol. The van der Waals surface area contributed by atoms with Gasteiger partial charge in [0.1, 0.15) is 23.6 Å². The lowest BCUT2D eigenvalue weighted by Gasteiger charge is -2.22. The van der Waals surface area contributed by atoms with Crippen molar-refractivity contribution in [3.05, 3.63) is 114 Å². The summed E-state index contributed by atoms with van der Waals surface area (Å²) in [5.41, 5.74) is 2.86. The zero-order valence-corrected chi connectivity index (χ0v) is 26.5. The zero-order valence-electron chi connectivity index (χ0n) is 24.9. The second-order valence-corrected chi connectivity index (χ2v) is 12.4. The van der Waals surface area contributed by atoms with Crippen molar-refractivity contribution in [1.29, 1.82) is 0 Å². The normalized spacial score (nSPS) is 11.4. The average Bonchev–Trinajstić information content (AvgIpc) is 3.61. The second-order valence-electron chi connectivity index (χ2n) is 10.2. The van der Waals surface area contributed by atoms with Crippen LogP contribution in [-0.4, -0.2) is 39.9 Å². The number of pyridine rings is 1. The smallest absolute Gasteiger partial charge is 0.265 e. The maximum absolute atomic E-state index is 14.2. The first-order valence-corrected chi connectivity index (χ1v) is 15.7. The molecule has 9 nitrogen and oxygen atoms in total. The second kappa shape index (κ2) is 12.7. The molecule has 6 aromatic rings. The molecule has 2 aromatic heterocycles. The Morgan fingerprint density at radius 1 is 0.870 bits per heavy atom. The lowest BCUT2D eigenvalue weighted by atomic mass is 9.98. The van der Waals surface area contributed by atoms with Crippen molar-refractivity contribution in [2.24, 2.45) is 0 Å².